The largest absolute Gasteiger partial charge is 0.368 e. The number of para-hydroxylation sites is 1. The van der Waals surface area contributed by atoms with E-state index in [1.165, 1.54) is 4.70 Å². The number of carbonyl (C=O) groups is 1. The maximum atomic E-state index is 11.8. The molecule has 2 heterocycles. The summed E-state index contributed by atoms with van der Waals surface area (Å²) in [6.07, 6.45) is 2.36. The second-order valence-electron chi connectivity index (χ2n) is 4.62. The highest BCUT2D eigenvalue weighted by Crippen LogP contribution is 2.21. The van der Waals surface area contributed by atoms with Gasteiger partial charge in [0.2, 0.25) is 5.91 Å². The zero-order valence-electron chi connectivity index (χ0n) is 10.6. The summed E-state index contributed by atoms with van der Waals surface area (Å²) in [6, 6.07) is 8.09. The van der Waals surface area contributed by atoms with Crippen LogP contribution in [0.3, 0.4) is 0 Å². The van der Waals surface area contributed by atoms with Crippen molar-refractivity contribution in [2.24, 2.45) is 0 Å². The average Bonchev–Trinajstić information content (AvgIpc) is 3.07. The van der Waals surface area contributed by atoms with Crippen LogP contribution in [0, 0.1) is 0 Å². The standard InChI is InChI=1S/C14H16N2O2S/c17-14(11-5-3-9-18-11)15-8-7-13-16-10-4-1-2-6-12(10)19-13/h1-2,4,6,11H,3,5,7-9H2,(H,15,17). The summed E-state index contributed by atoms with van der Waals surface area (Å²) in [5.41, 5.74) is 1.04. The van der Waals surface area contributed by atoms with E-state index in [4.69, 9.17) is 4.74 Å². The Hall–Kier alpha value is -1.46. The first-order valence-electron chi connectivity index (χ1n) is 6.57. The Labute approximate surface area is 115 Å². The summed E-state index contributed by atoms with van der Waals surface area (Å²) in [4.78, 5) is 16.3. The van der Waals surface area contributed by atoms with Gasteiger partial charge in [-0.1, -0.05) is 12.1 Å². The lowest BCUT2D eigenvalue weighted by molar-refractivity contribution is -0.129. The molecule has 0 spiro atoms. The third-order valence-corrected chi connectivity index (χ3v) is 4.29. The summed E-state index contributed by atoms with van der Waals surface area (Å²) >= 11 is 1.69. The Morgan fingerprint density at radius 2 is 2.37 bits per heavy atom. The van der Waals surface area contributed by atoms with E-state index >= 15 is 0 Å². The quantitative estimate of drug-likeness (QED) is 0.930. The molecule has 1 atom stereocenters. The second kappa shape index (κ2) is 5.67. The molecule has 5 heteroatoms. The third-order valence-electron chi connectivity index (χ3n) is 3.20. The summed E-state index contributed by atoms with van der Waals surface area (Å²) in [5.74, 6) is 0.0126. The molecule has 2 aromatic rings. The Bertz CT molecular complexity index is 543. The van der Waals surface area contributed by atoms with Gasteiger partial charge in [-0.2, -0.15) is 0 Å². The van der Waals surface area contributed by atoms with Crippen LogP contribution >= 0.6 is 11.3 Å². The minimum atomic E-state index is -0.240. The predicted octanol–water partition coefficient (Wildman–Crippen LogP) is 2.13. The molecule has 0 aliphatic carbocycles. The number of amides is 1. The van der Waals surface area contributed by atoms with Gasteiger partial charge in [-0.25, -0.2) is 4.98 Å². The number of ether oxygens (including phenoxy) is 1. The van der Waals surface area contributed by atoms with Crippen LogP contribution in [-0.2, 0) is 16.0 Å². The minimum Gasteiger partial charge on any atom is -0.368 e. The molecule has 1 aromatic heterocycles. The lowest BCUT2D eigenvalue weighted by Gasteiger charge is -2.09. The van der Waals surface area contributed by atoms with Crippen LogP contribution in [0.5, 0.6) is 0 Å². The van der Waals surface area contributed by atoms with Crippen molar-refractivity contribution in [3.8, 4) is 0 Å². The van der Waals surface area contributed by atoms with E-state index in [0.29, 0.717) is 13.2 Å². The molecule has 100 valence electrons. The highest BCUT2D eigenvalue weighted by Gasteiger charge is 2.22. The summed E-state index contributed by atoms with van der Waals surface area (Å²) in [5, 5.41) is 3.98. The van der Waals surface area contributed by atoms with Gasteiger partial charge in [-0.3, -0.25) is 4.79 Å². The first kappa shape index (κ1) is 12.6. The number of nitrogens with one attached hydrogen (secondary N) is 1. The molecule has 1 aliphatic rings. The number of benzene rings is 1. The van der Waals surface area contributed by atoms with Gasteiger partial charge in [0.05, 0.1) is 15.2 Å². The van der Waals surface area contributed by atoms with Crippen molar-refractivity contribution in [3.05, 3.63) is 29.3 Å². The van der Waals surface area contributed by atoms with Gasteiger partial charge >= 0.3 is 0 Å². The first-order chi connectivity index (χ1) is 9.33. The van der Waals surface area contributed by atoms with E-state index in [0.717, 1.165) is 29.8 Å². The highest BCUT2D eigenvalue weighted by atomic mass is 32.1. The van der Waals surface area contributed by atoms with Crippen LogP contribution < -0.4 is 5.32 Å². The second-order valence-corrected chi connectivity index (χ2v) is 5.73. The van der Waals surface area contributed by atoms with E-state index in [1.807, 2.05) is 18.2 Å². The zero-order chi connectivity index (χ0) is 13.1. The fourth-order valence-electron chi connectivity index (χ4n) is 2.22. The molecule has 1 amide bonds. The number of hydrogen-bond acceptors (Lipinski definition) is 4. The fourth-order valence-corrected chi connectivity index (χ4v) is 3.18. The van der Waals surface area contributed by atoms with Crippen LogP contribution in [-0.4, -0.2) is 30.1 Å². The molecule has 1 fully saturated rings. The minimum absolute atomic E-state index is 0.0126. The van der Waals surface area contributed by atoms with Crippen molar-refractivity contribution in [1.82, 2.24) is 10.3 Å². The molecule has 0 radical (unpaired) electrons. The van der Waals surface area contributed by atoms with Crippen molar-refractivity contribution >= 4 is 27.5 Å². The maximum Gasteiger partial charge on any atom is 0.249 e. The van der Waals surface area contributed by atoms with E-state index in [1.54, 1.807) is 11.3 Å². The molecule has 1 saturated heterocycles. The van der Waals surface area contributed by atoms with Crippen molar-refractivity contribution in [3.63, 3.8) is 0 Å². The van der Waals surface area contributed by atoms with E-state index in [-0.39, 0.29) is 12.0 Å². The van der Waals surface area contributed by atoms with Gasteiger partial charge in [-0.15, -0.1) is 11.3 Å². The first-order valence-corrected chi connectivity index (χ1v) is 7.38. The zero-order valence-corrected chi connectivity index (χ0v) is 11.4. The van der Waals surface area contributed by atoms with Gasteiger partial charge in [0.15, 0.2) is 0 Å². The van der Waals surface area contributed by atoms with E-state index in [9.17, 15) is 4.79 Å². The molecule has 1 aliphatic heterocycles. The van der Waals surface area contributed by atoms with Crippen molar-refractivity contribution in [2.75, 3.05) is 13.2 Å². The van der Waals surface area contributed by atoms with Gasteiger partial charge in [0.25, 0.3) is 0 Å². The summed E-state index contributed by atoms with van der Waals surface area (Å²) in [7, 11) is 0. The van der Waals surface area contributed by atoms with Crippen LogP contribution in [0.4, 0.5) is 0 Å². The summed E-state index contributed by atoms with van der Waals surface area (Å²) < 4.78 is 6.54. The number of hydrogen-bond donors (Lipinski definition) is 1. The lowest BCUT2D eigenvalue weighted by atomic mass is 10.2. The van der Waals surface area contributed by atoms with Crippen LogP contribution in [0.1, 0.15) is 17.8 Å². The average molecular weight is 276 g/mol. The highest BCUT2D eigenvalue weighted by molar-refractivity contribution is 7.18. The lowest BCUT2D eigenvalue weighted by Crippen LogP contribution is -2.35. The number of aromatic nitrogens is 1. The van der Waals surface area contributed by atoms with Gasteiger partial charge in [0.1, 0.15) is 6.10 Å². The monoisotopic (exact) mass is 276 g/mol. The van der Waals surface area contributed by atoms with E-state index < -0.39 is 0 Å². The summed E-state index contributed by atoms with van der Waals surface area (Å²) in [6.45, 7) is 1.33. The Kier molecular flexibility index (Phi) is 3.75. The van der Waals surface area contributed by atoms with Gasteiger partial charge in [0, 0.05) is 19.6 Å². The normalized spacial score (nSPS) is 18.8. The molecule has 0 saturated carbocycles. The maximum absolute atomic E-state index is 11.8. The van der Waals surface area contributed by atoms with Gasteiger partial charge < -0.3 is 10.1 Å². The number of carbonyl (C=O) groups excluding carboxylic acids is 1. The Morgan fingerprint density at radius 3 is 3.16 bits per heavy atom. The SMILES string of the molecule is O=C(NCCc1nc2ccccc2s1)C1CCCO1. The van der Waals surface area contributed by atoms with Crippen LogP contribution in [0.25, 0.3) is 10.2 Å². The molecule has 19 heavy (non-hydrogen) atoms. The van der Waals surface area contributed by atoms with Crippen molar-refractivity contribution in [1.29, 1.82) is 0 Å². The molecular weight excluding hydrogens is 260 g/mol. The van der Waals surface area contributed by atoms with Crippen molar-refractivity contribution < 1.29 is 9.53 Å². The number of fused-ring (bicyclic) bond motifs is 1. The van der Waals surface area contributed by atoms with Crippen LogP contribution in [0.2, 0.25) is 0 Å². The van der Waals surface area contributed by atoms with Crippen molar-refractivity contribution in [2.45, 2.75) is 25.4 Å². The van der Waals surface area contributed by atoms with E-state index in [2.05, 4.69) is 16.4 Å². The molecule has 1 N–H and O–H groups in total. The molecule has 1 unspecified atom stereocenters. The molecule has 4 nitrogen and oxygen atoms in total. The topological polar surface area (TPSA) is 51.2 Å². The molecule has 0 bridgehead atoms. The fraction of sp³-hybridized carbons (Fsp3) is 0.429. The molecule has 1 aromatic carbocycles. The Balaban J connectivity index is 1.53. The van der Waals surface area contributed by atoms with Gasteiger partial charge in [-0.05, 0) is 25.0 Å². The molecule has 3 rings (SSSR count). The third kappa shape index (κ3) is 2.93. The molecular formula is C14H16N2O2S. The smallest absolute Gasteiger partial charge is 0.249 e. The number of rotatable bonds is 4. The number of nitrogens with zero attached hydrogens (tertiary/aromatic N) is 1. The predicted molar refractivity (Wildman–Crippen MR) is 75.3 cm³/mol. The Morgan fingerprint density at radius 1 is 1.47 bits per heavy atom. The van der Waals surface area contributed by atoms with Crippen LogP contribution in [0.15, 0.2) is 24.3 Å². The number of thiazole rings is 1.